The van der Waals surface area contributed by atoms with Gasteiger partial charge in [-0.05, 0) is 87.3 Å². The molecule has 2 atom stereocenters. The molecule has 3 heteroatoms. The second-order valence-corrected chi connectivity index (χ2v) is 7.42. The summed E-state index contributed by atoms with van der Waals surface area (Å²) in [6.45, 7) is 7.90. The molecule has 0 aromatic heterocycles. The zero-order chi connectivity index (χ0) is 18.7. The van der Waals surface area contributed by atoms with E-state index in [2.05, 4.69) is 23.5 Å². The van der Waals surface area contributed by atoms with Gasteiger partial charge in [0.2, 0.25) is 0 Å². The molecule has 0 bridgehead atoms. The van der Waals surface area contributed by atoms with Crippen LogP contribution in [0.4, 0.5) is 0 Å². The Morgan fingerprint density at radius 1 is 1.04 bits per heavy atom. The molecule has 0 spiro atoms. The number of carbonyl (C=O) groups is 1. The van der Waals surface area contributed by atoms with Crippen LogP contribution in [0.5, 0.6) is 5.75 Å². The van der Waals surface area contributed by atoms with E-state index < -0.39 is 6.10 Å². The van der Waals surface area contributed by atoms with Crippen molar-refractivity contribution in [1.29, 1.82) is 0 Å². The van der Waals surface area contributed by atoms with E-state index in [1.54, 1.807) is 6.92 Å². The van der Waals surface area contributed by atoms with Crippen LogP contribution in [0.25, 0.3) is 0 Å². The number of ether oxygens (including phenoxy) is 1. The quantitative estimate of drug-likeness (QED) is 0.838. The maximum atomic E-state index is 12.6. The van der Waals surface area contributed by atoms with Crippen LogP contribution in [-0.2, 0) is 17.6 Å². The topological polar surface area (TPSA) is 38.3 Å². The minimum Gasteiger partial charge on any atom is -0.481 e. The first-order valence-electron chi connectivity index (χ1n) is 9.60. The van der Waals surface area contributed by atoms with Crippen molar-refractivity contribution in [2.24, 2.45) is 0 Å². The Morgan fingerprint density at radius 2 is 1.77 bits per heavy atom. The molecule has 1 aliphatic carbocycles. The molecule has 0 saturated heterocycles. The zero-order valence-corrected chi connectivity index (χ0v) is 16.3. The van der Waals surface area contributed by atoms with Crippen molar-refractivity contribution < 1.29 is 9.53 Å². The molecular formula is C23H29NO2. The maximum Gasteiger partial charge on any atom is 0.261 e. The Balaban J connectivity index is 1.64. The number of aryl methyl sites for hydroxylation is 3. The van der Waals surface area contributed by atoms with Gasteiger partial charge in [-0.1, -0.05) is 30.3 Å². The van der Waals surface area contributed by atoms with Gasteiger partial charge in [0.05, 0.1) is 6.04 Å². The molecule has 3 nitrogen and oxygen atoms in total. The molecule has 0 unspecified atom stereocenters. The van der Waals surface area contributed by atoms with Gasteiger partial charge < -0.3 is 10.1 Å². The van der Waals surface area contributed by atoms with E-state index in [-0.39, 0.29) is 11.9 Å². The average molecular weight is 351 g/mol. The number of hydrogen-bond donors (Lipinski definition) is 1. The van der Waals surface area contributed by atoms with Gasteiger partial charge in [0.1, 0.15) is 5.75 Å². The summed E-state index contributed by atoms with van der Waals surface area (Å²) in [5.41, 5.74) is 6.31. The highest BCUT2D eigenvalue weighted by atomic mass is 16.5. The van der Waals surface area contributed by atoms with Crippen molar-refractivity contribution >= 4 is 5.91 Å². The lowest BCUT2D eigenvalue weighted by molar-refractivity contribution is -0.127. The van der Waals surface area contributed by atoms with Crippen molar-refractivity contribution in [1.82, 2.24) is 5.32 Å². The minimum atomic E-state index is -0.532. The number of rotatable bonds is 5. The van der Waals surface area contributed by atoms with Crippen LogP contribution in [0.3, 0.4) is 0 Å². The predicted octanol–water partition coefficient (Wildman–Crippen LogP) is 4.83. The zero-order valence-electron chi connectivity index (χ0n) is 16.3. The van der Waals surface area contributed by atoms with Gasteiger partial charge in [-0.3, -0.25) is 4.79 Å². The second-order valence-electron chi connectivity index (χ2n) is 7.42. The molecule has 1 aliphatic rings. The summed E-state index contributed by atoms with van der Waals surface area (Å²) >= 11 is 0. The normalized spacial score (nSPS) is 15.7. The fraction of sp³-hybridized carbons (Fsp3) is 0.435. The number of carbonyl (C=O) groups excluding carboxylic acids is 1. The Labute approximate surface area is 156 Å². The van der Waals surface area contributed by atoms with Crippen LogP contribution in [0.1, 0.15) is 60.5 Å². The number of hydrogen-bond acceptors (Lipinski definition) is 2. The summed E-state index contributed by atoms with van der Waals surface area (Å²) in [6, 6.07) is 12.5. The van der Waals surface area contributed by atoms with Gasteiger partial charge in [0, 0.05) is 0 Å². The molecule has 0 radical (unpaired) electrons. The molecule has 1 N–H and O–H groups in total. The van der Waals surface area contributed by atoms with Crippen LogP contribution in [-0.4, -0.2) is 12.0 Å². The monoisotopic (exact) mass is 351 g/mol. The van der Waals surface area contributed by atoms with Crippen molar-refractivity contribution in [3.8, 4) is 5.75 Å². The molecule has 0 aliphatic heterocycles. The van der Waals surface area contributed by atoms with Crippen LogP contribution in [0, 0.1) is 13.8 Å². The summed E-state index contributed by atoms with van der Waals surface area (Å²) in [7, 11) is 0. The number of amides is 1. The molecule has 2 aromatic rings. The average Bonchev–Trinajstić information content (AvgIpc) is 2.64. The van der Waals surface area contributed by atoms with Crippen molar-refractivity contribution in [3.63, 3.8) is 0 Å². The third kappa shape index (κ3) is 4.09. The molecule has 0 fully saturated rings. The second kappa shape index (κ2) is 7.94. The molecule has 2 aromatic carbocycles. The first-order valence-corrected chi connectivity index (χ1v) is 9.60. The fourth-order valence-corrected chi connectivity index (χ4v) is 3.53. The fourth-order valence-electron chi connectivity index (χ4n) is 3.53. The van der Waals surface area contributed by atoms with Crippen molar-refractivity contribution in [2.45, 2.75) is 65.5 Å². The third-order valence-corrected chi connectivity index (χ3v) is 5.46. The predicted molar refractivity (Wildman–Crippen MR) is 106 cm³/mol. The smallest absolute Gasteiger partial charge is 0.261 e. The van der Waals surface area contributed by atoms with E-state index in [0.717, 1.165) is 28.9 Å². The molecule has 26 heavy (non-hydrogen) atoms. The van der Waals surface area contributed by atoms with Gasteiger partial charge in [-0.2, -0.15) is 0 Å². The van der Waals surface area contributed by atoms with E-state index in [0.29, 0.717) is 0 Å². The van der Waals surface area contributed by atoms with E-state index in [1.165, 1.54) is 30.4 Å². The summed E-state index contributed by atoms with van der Waals surface area (Å²) in [5.74, 6) is 0.685. The van der Waals surface area contributed by atoms with Crippen LogP contribution >= 0.6 is 0 Å². The Kier molecular flexibility index (Phi) is 5.65. The summed E-state index contributed by atoms with van der Waals surface area (Å²) < 4.78 is 5.90. The van der Waals surface area contributed by atoms with Gasteiger partial charge in [-0.15, -0.1) is 0 Å². The van der Waals surface area contributed by atoms with E-state index >= 15 is 0 Å². The van der Waals surface area contributed by atoms with Crippen LogP contribution in [0.2, 0.25) is 0 Å². The van der Waals surface area contributed by atoms with Crippen LogP contribution < -0.4 is 10.1 Å². The molecule has 138 valence electrons. The summed E-state index contributed by atoms with van der Waals surface area (Å²) in [4.78, 5) is 12.6. The number of nitrogens with one attached hydrogen (secondary N) is 1. The molecule has 0 saturated carbocycles. The first kappa shape index (κ1) is 18.5. The largest absolute Gasteiger partial charge is 0.481 e. The van der Waals surface area contributed by atoms with Gasteiger partial charge in [0.25, 0.3) is 5.91 Å². The first-order chi connectivity index (χ1) is 12.5. The van der Waals surface area contributed by atoms with E-state index in [1.807, 2.05) is 39.0 Å². The van der Waals surface area contributed by atoms with Gasteiger partial charge in [-0.25, -0.2) is 0 Å². The molecular weight excluding hydrogens is 322 g/mol. The highest BCUT2D eigenvalue weighted by molar-refractivity contribution is 5.81. The maximum absolute atomic E-state index is 12.6. The third-order valence-electron chi connectivity index (χ3n) is 5.46. The SMILES string of the molecule is Cc1cccc(O[C@@H](C)C(=O)N[C@@H](C)c2ccc3c(c2)CCCC3)c1C. The molecule has 3 rings (SSSR count). The highest BCUT2D eigenvalue weighted by Gasteiger charge is 2.19. The lowest BCUT2D eigenvalue weighted by Gasteiger charge is -2.22. The Bertz CT molecular complexity index is 797. The minimum absolute atomic E-state index is 0.0283. The Hall–Kier alpha value is -2.29. The highest BCUT2D eigenvalue weighted by Crippen LogP contribution is 2.25. The van der Waals surface area contributed by atoms with Crippen LogP contribution in [0.15, 0.2) is 36.4 Å². The van der Waals surface area contributed by atoms with Gasteiger partial charge in [0.15, 0.2) is 6.10 Å². The van der Waals surface area contributed by atoms with Gasteiger partial charge >= 0.3 is 0 Å². The number of benzene rings is 2. The molecule has 0 heterocycles. The van der Waals surface area contributed by atoms with Crippen molar-refractivity contribution in [2.75, 3.05) is 0 Å². The standard InChI is InChI=1S/C23H29NO2/c1-15-8-7-11-22(16(15)2)26-18(4)23(25)24-17(3)20-13-12-19-9-5-6-10-21(19)14-20/h7-8,11-14,17-18H,5-6,9-10H2,1-4H3,(H,24,25)/t17-,18-/m0/s1. The van der Waals surface area contributed by atoms with E-state index in [9.17, 15) is 4.79 Å². The summed E-state index contributed by atoms with van der Waals surface area (Å²) in [5, 5.41) is 3.09. The lowest BCUT2D eigenvalue weighted by Crippen LogP contribution is -2.38. The number of fused-ring (bicyclic) bond motifs is 1. The van der Waals surface area contributed by atoms with Crippen molar-refractivity contribution in [3.05, 3.63) is 64.2 Å². The van der Waals surface area contributed by atoms with E-state index in [4.69, 9.17) is 4.74 Å². The Morgan fingerprint density at radius 3 is 2.54 bits per heavy atom. The lowest BCUT2D eigenvalue weighted by atomic mass is 9.89. The summed E-state index contributed by atoms with van der Waals surface area (Å²) in [6.07, 6.45) is 4.34. The molecule has 1 amide bonds.